The molecule has 0 unspecified atom stereocenters. The molecule has 3 N–H and O–H groups in total. The highest BCUT2D eigenvalue weighted by Gasteiger charge is 2.40. The average molecular weight is 170 g/mol. The summed E-state index contributed by atoms with van der Waals surface area (Å²) >= 11 is 0. The highest BCUT2D eigenvalue weighted by molar-refractivity contribution is 5.00. The Balaban J connectivity index is 2.27. The van der Waals surface area contributed by atoms with Crippen LogP contribution in [0.4, 0.5) is 0 Å². The summed E-state index contributed by atoms with van der Waals surface area (Å²) in [6.07, 6.45) is 2.52. The van der Waals surface area contributed by atoms with E-state index >= 15 is 0 Å². The number of rotatable bonds is 4. The molecule has 1 aliphatic rings. The Morgan fingerprint density at radius 3 is 2.42 bits per heavy atom. The fourth-order valence-electron chi connectivity index (χ4n) is 2.08. The quantitative estimate of drug-likeness (QED) is 0.668. The number of hydrogen-bond acceptors (Lipinski definition) is 2. The summed E-state index contributed by atoms with van der Waals surface area (Å²) in [4.78, 5) is 0. The summed E-state index contributed by atoms with van der Waals surface area (Å²) in [5.41, 5.74) is 6.05. The molecule has 0 aliphatic heterocycles. The molecule has 2 heteroatoms. The van der Waals surface area contributed by atoms with Crippen LogP contribution in [-0.2, 0) is 0 Å². The molecule has 0 aromatic rings. The van der Waals surface area contributed by atoms with Gasteiger partial charge in [0.05, 0.1) is 0 Å². The van der Waals surface area contributed by atoms with Gasteiger partial charge in [0.15, 0.2) is 0 Å². The van der Waals surface area contributed by atoms with Gasteiger partial charge in [-0.25, -0.2) is 0 Å². The van der Waals surface area contributed by atoms with E-state index in [1.165, 1.54) is 12.8 Å². The van der Waals surface area contributed by atoms with E-state index in [2.05, 4.69) is 26.1 Å². The van der Waals surface area contributed by atoms with E-state index in [9.17, 15) is 0 Å². The zero-order valence-corrected chi connectivity index (χ0v) is 8.56. The fraction of sp³-hybridized carbons (Fsp3) is 1.00. The largest absolute Gasteiger partial charge is 0.329 e. The molecule has 0 heterocycles. The van der Waals surface area contributed by atoms with Crippen molar-refractivity contribution >= 4 is 0 Å². The van der Waals surface area contributed by atoms with Gasteiger partial charge in [-0.3, -0.25) is 0 Å². The second-order valence-electron chi connectivity index (χ2n) is 4.77. The van der Waals surface area contributed by atoms with Crippen LogP contribution in [0, 0.1) is 11.8 Å². The van der Waals surface area contributed by atoms with E-state index in [4.69, 9.17) is 5.73 Å². The lowest BCUT2D eigenvalue weighted by molar-refractivity contribution is 0.120. The van der Waals surface area contributed by atoms with Crippen LogP contribution in [0.3, 0.4) is 0 Å². The number of nitrogens with two attached hydrogens (primary N) is 1. The highest BCUT2D eigenvalue weighted by atomic mass is 15.0. The Morgan fingerprint density at radius 1 is 1.50 bits per heavy atom. The van der Waals surface area contributed by atoms with Crippen LogP contribution in [-0.4, -0.2) is 18.6 Å². The van der Waals surface area contributed by atoms with Crippen molar-refractivity contribution in [3.8, 4) is 0 Å². The van der Waals surface area contributed by atoms with Gasteiger partial charge in [-0.1, -0.05) is 20.8 Å². The molecule has 0 radical (unpaired) electrons. The molecular formula is C10H22N2. The molecule has 1 saturated carbocycles. The molecule has 0 aromatic carbocycles. The van der Waals surface area contributed by atoms with Crippen LogP contribution < -0.4 is 11.1 Å². The Bertz CT molecular complexity index is 137. The van der Waals surface area contributed by atoms with Crippen LogP contribution in [0.15, 0.2) is 0 Å². The molecule has 1 fully saturated rings. The van der Waals surface area contributed by atoms with Crippen LogP contribution in [0.2, 0.25) is 0 Å². The van der Waals surface area contributed by atoms with Gasteiger partial charge >= 0.3 is 0 Å². The van der Waals surface area contributed by atoms with E-state index in [0.717, 1.165) is 24.9 Å². The summed E-state index contributed by atoms with van der Waals surface area (Å²) < 4.78 is 0. The average Bonchev–Trinajstić information content (AvgIpc) is 1.95. The van der Waals surface area contributed by atoms with Gasteiger partial charge in [0.25, 0.3) is 0 Å². The van der Waals surface area contributed by atoms with Crippen molar-refractivity contribution in [2.45, 2.75) is 39.2 Å². The van der Waals surface area contributed by atoms with E-state index in [0.29, 0.717) is 5.54 Å². The van der Waals surface area contributed by atoms with Crippen LogP contribution >= 0.6 is 0 Å². The molecule has 0 saturated heterocycles. The molecule has 0 aromatic heterocycles. The van der Waals surface area contributed by atoms with Gasteiger partial charge in [0.1, 0.15) is 0 Å². The standard InChI is InChI=1S/C10H22N2/c1-8(2)6-12-10(7-11)4-9(3)5-10/h8-9,12H,4-7,11H2,1-3H3. The summed E-state index contributed by atoms with van der Waals surface area (Å²) in [7, 11) is 0. The lowest BCUT2D eigenvalue weighted by Crippen LogP contribution is -2.60. The number of hydrogen-bond donors (Lipinski definition) is 2. The predicted octanol–water partition coefficient (Wildman–Crippen LogP) is 1.36. The third kappa shape index (κ3) is 2.20. The molecule has 1 aliphatic carbocycles. The van der Waals surface area contributed by atoms with Crippen molar-refractivity contribution in [2.75, 3.05) is 13.1 Å². The first kappa shape index (κ1) is 10.0. The van der Waals surface area contributed by atoms with E-state index < -0.39 is 0 Å². The van der Waals surface area contributed by atoms with Crippen LogP contribution in [0.1, 0.15) is 33.6 Å². The van der Waals surface area contributed by atoms with Gasteiger partial charge < -0.3 is 11.1 Å². The van der Waals surface area contributed by atoms with E-state index in [1.807, 2.05) is 0 Å². The maximum atomic E-state index is 5.75. The minimum Gasteiger partial charge on any atom is -0.329 e. The molecule has 2 nitrogen and oxygen atoms in total. The lowest BCUT2D eigenvalue weighted by atomic mass is 9.69. The first-order chi connectivity index (χ1) is 5.58. The van der Waals surface area contributed by atoms with E-state index in [1.54, 1.807) is 0 Å². The van der Waals surface area contributed by atoms with Crippen molar-refractivity contribution in [3.63, 3.8) is 0 Å². The first-order valence-electron chi connectivity index (χ1n) is 5.03. The van der Waals surface area contributed by atoms with Crippen molar-refractivity contribution in [1.29, 1.82) is 0 Å². The first-order valence-corrected chi connectivity index (χ1v) is 5.03. The normalized spacial score (nSPS) is 35.2. The van der Waals surface area contributed by atoms with Crippen LogP contribution in [0.25, 0.3) is 0 Å². The Morgan fingerprint density at radius 2 is 2.08 bits per heavy atom. The molecule has 0 atom stereocenters. The fourth-order valence-corrected chi connectivity index (χ4v) is 2.08. The molecular weight excluding hydrogens is 148 g/mol. The molecule has 0 bridgehead atoms. The minimum atomic E-state index is 0.295. The van der Waals surface area contributed by atoms with Gasteiger partial charge in [0, 0.05) is 12.1 Å². The third-order valence-electron chi connectivity index (χ3n) is 2.75. The zero-order chi connectivity index (χ0) is 9.19. The molecule has 1 rings (SSSR count). The summed E-state index contributed by atoms with van der Waals surface area (Å²) in [6, 6.07) is 0. The molecule has 72 valence electrons. The van der Waals surface area contributed by atoms with Crippen molar-refractivity contribution in [1.82, 2.24) is 5.32 Å². The molecule has 12 heavy (non-hydrogen) atoms. The van der Waals surface area contributed by atoms with Gasteiger partial charge in [-0.05, 0) is 31.2 Å². The molecule has 0 amide bonds. The van der Waals surface area contributed by atoms with Gasteiger partial charge in [-0.15, -0.1) is 0 Å². The van der Waals surface area contributed by atoms with Gasteiger partial charge in [0.2, 0.25) is 0 Å². The second kappa shape index (κ2) is 3.75. The smallest absolute Gasteiger partial charge is 0.0309 e. The number of nitrogens with one attached hydrogen (secondary N) is 1. The van der Waals surface area contributed by atoms with E-state index in [-0.39, 0.29) is 0 Å². The summed E-state index contributed by atoms with van der Waals surface area (Å²) in [6.45, 7) is 8.66. The van der Waals surface area contributed by atoms with Crippen LogP contribution in [0.5, 0.6) is 0 Å². The third-order valence-corrected chi connectivity index (χ3v) is 2.75. The predicted molar refractivity (Wildman–Crippen MR) is 53.0 cm³/mol. The second-order valence-corrected chi connectivity index (χ2v) is 4.77. The summed E-state index contributed by atoms with van der Waals surface area (Å²) in [5.74, 6) is 1.59. The lowest BCUT2D eigenvalue weighted by Gasteiger charge is -2.47. The Labute approximate surface area is 75.9 Å². The maximum Gasteiger partial charge on any atom is 0.0309 e. The zero-order valence-electron chi connectivity index (χ0n) is 8.56. The summed E-state index contributed by atoms with van der Waals surface area (Å²) in [5, 5.41) is 3.59. The maximum absolute atomic E-state index is 5.75. The minimum absolute atomic E-state index is 0.295. The SMILES string of the molecule is CC(C)CNC1(CN)CC(C)C1. The topological polar surface area (TPSA) is 38.0 Å². The van der Waals surface area contributed by atoms with Crippen molar-refractivity contribution < 1.29 is 0 Å². The Hall–Kier alpha value is -0.0800. The Kier molecular flexibility index (Phi) is 3.13. The van der Waals surface area contributed by atoms with Crippen molar-refractivity contribution in [3.05, 3.63) is 0 Å². The van der Waals surface area contributed by atoms with Crippen molar-refractivity contribution in [2.24, 2.45) is 17.6 Å². The molecule has 0 spiro atoms. The van der Waals surface area contributed by atoms with Gasteiger partial charge in [-0.2, -0.15) is 0 Å². The highest BCUT2D eigenvalue weighted by Crippen LogP contribution is 2.36. The monoisotopic (exact) mass is 170 g/mol.